The monoisotopic (exact) mass is 260 g/mol. The molecule has 0 atom stereocenters. The maximum Gasteiger partial charge on any atom is 0.337 e. The summed E-state index contributed by atoms with van der Waals surface area (Å²) in [6, 6.07) is 0. The fraction of sp³-hybridized carbons (Fsp3) is 0.917. The summed E-state index contributed by atoms with van der Waals surface area (Å²) in [5.41, 5.74) is 0.586. The lowest BCUT2D eigenvalue weighted by Gasteiger charge is -2.28. The Hall–Kier alpha value is -0.180. The fourth-order valence-corrected chi connectivity index (χ4v) is 3.80. The molecule has 0 saturated heterocycles. The van der Waals surface area contributed by atoms with Crippen LogP contribution in [0.1, 0.15) is 38.5 Å². The van der Waals surface area contributed by atoms with Gasteiger partial charge in [-0.25, -0.2) is 0 Å². The van der Waals surface area contributed by atoms with Crippen molar-refractivity contribution >= 4 is 13.4 Å². The van der Waals surface area contributed by atoms with E-state index in [1.165, 1.54) is 27.1 Å². The quantitative estimate of drug-likeness (QED) is 0.713. The van der Waals surface area contributed by atoms with Crippen molar-refractivity contribution in [3.63, 3.8) is 0 Å². The zero-order valence-electron chi connectivity index (χ0n) is 10.6. The molecule has 2 fully saturated rings. The van der Waals surface area contributed by atoms with Crippen molar-refractivity contribution in [1.29, 1.82) is 0 Å². The summed E-state index contributed by atoms with van der Waals surface area (Å²) in [5.74, 6) is 0.118. The van der Waals surface area contributed by atoms with Crippen LogP contribution in [0.25, 0.3) is 0 Å². The number of Topliss-reactive ketones (excluding diaryl/α,β-unsaturated/α-hetero) is 1. The molecule has 17 heavy (non-hydrogen) atoms. The van der Waals surface area contributed by atoms with Crippen LogP contribution in [0, 0.1) is 11.3 Å². The lowest BCUT2D eigenvalue weighted by atomic mass is 9.78. The molecule has 0 heterocycles. The molecule has 0 aromatic rings. The van der Waals surface area contributed by atoms with E-state index < -0.39 is 7.60 Å². The van der Waals surface area contributed by atoms with E-state index in [0.717, 1.165) is 25.7 Å². The van der Waals surface area contributed by atoms with Gasteiger partial charge >= 0.3 is 7.60 Å². The Morgan fingerprint density at radius 1 is 1.18 bits per heavy atom. The molecule has 4 nitrogen and oxygen atoms in total. The van der Waals surface area contributed by atoms with Gasteiger partial charge in [0.05, 0.1) is 0 Å². The van der Waals surface area contributed by atoms with E-state index in [1.54, 1.807) is 0 Å². The molecule has 0 aliphatic heterocycles. The standard InChI is InChI=1S/C12H21O4P/c1-15-17(14,16-2)9-11(13)10-3-5-12(6-4-10)7-8-12/h10H,3-9H2,1-2H3. The number of carbonyl (C=O) groups excluding carboxylic acids is 1. The van der Waals surface area contributed by atoms with Gasteiger partial charge in [0.1, 0.15) is 11.9 Å². The molecule has 2 saturated carbocycles. The average Bonchev–Trinajstić information content (AvgIpc) is 3.09. The highest BCUT2D eigenvalue weighted by molar-refractivity contribution is 7.54. The number of hydrogen-bond acceptors (Lipinski definition) is 4. The molecule has 0 aromatic heterocycles. The Balaban J connectivity index is 1.86. The van der Waals surface area contributed by atoms with Crippen LogP contribution in [-0.2, 0) is 18.4 Å². The van der Waals surface area contributed by atoms with Crippen molar-refractivity contribution in [2.24, 2.45) is 11.3 Å². The fourth-order valence-electron chi connectivity index (χ4n) is 2.75. The first kappa shape index (κ1) is 13.3. The molecule has 2 aliphatic carbocycles. The summed E-state index contributed by atoms with van der Waals surface area (Å²) in [4.78, 5) is 12.0. The van der Waals surface area contributed by atoms with Crippen LogP contribution in [0.3, 0.4) is 0 Å². The summed E-state index contributed by atoms with van der Waals surface area (Å²) < 4.78 is 21.5. The van der Waals surface area contributed by atoms with E-state index in [1.807, 2.05) is 0 Å². The molecular weight excluding hydrogens is 239 g/mol. The summed E-state index contributed by atoms with van der Waals surface area (Å²) in [6.07, 6.45) is 6.82. The molecule has 0 radical (unpaired) electrons. The largest absolute Gasteiger partial charge is 0.337 e. The Morgan fingerprint density at radius 3 is 2.12 bits per heavy atom. The minimum atomic E-state index is -3.17. The van der Waals surface area contributed by atoms with E-state index in [0.29, 0.717) is 5.41 Å². The summed E-state index contributed by atoms with van der Waals surface area (Å²) in [7, 11) is -0.508. The first-order valence-electron chi connectivity index (χ1n) is 6.26. The van der Waals surface area contributed by atoms with E-state index in [2.05, 4.69) is 0 Å². The SMILES string of the molecule is COP(=O)(CC(=O)C1CCC2(CC1)CC2)OC. The van der Waals surface area contributed by atoms with Crippen molar-refractivity contribution in [3.8, 4) is 0 Å². The van der Waals surface area contributed by atoms with E-state index in [-0.39, 0.29) is 17.9 Å². The second-order valence-electron chi connectivity index (χ2n) is 5.37. The van der Waals surface area contributed by atoms with E-state index >= 15 is 0 Å². The molecular formula is C12H21O4P. The Kier molecular flexibility index (Phi) is 3.77. The van der Waals surface area contributed by atoms with Gasteiger partial charge in [0.2, 0.25) is 0 Å². The van der Waals surface area contributed by atoms with Gasteiger partial charge in [-0.3, -0.25) is 9.36 Å². The Labute approximate surface area is 103 Å². The second kappa shape index (κ2) is 4.83. The third-order valence-electron chi connectivity index (χ3n) is 4.36. The van der Waals surface area contributed by atoms with Crippen molar-refractivity contribution in [2.75, 3.05) is 20.4 Å². The topological polar surface area (TPSA) is 52.6 Å². The molecule has 0 amide bonds. The maximum absolute atomic E-state index is 12.0. The van der Waals surface area contributed by atoms with Crippen LogP contribution >= 0.6 is 7.60 Å². The van der Waals surface area contributed by atoms with Gasteiger partial charge in [-0.05, 0) is 43.9 Å². The number of ketones is 1. The first-order chi connectivity index (χ1) is 8.02. The summed E-state index contributed by atoms with van der Waals surface area (Å²) in [5, 5.41) is 0. The summed E-state index contributed by atoms with van der Waals surface area (Å²) in [6.45, 7) is 0. The molecule has 0 bridgehead atoms. The smallest absolute Gasteiger partial charge is 0.312 e. The first-order valence-corrected chi connectivity index (χ1v) is 7.99. The van der Waals surface area contributed by atoms with Crippen molar-refractivity contribution in [1.82, 2.24) is 0 Å². The van der Waals surface area contributed by atoms with Crippen LogP contribution in [0.5, 0.6) is 0 Å². The van der Waals surface area contributed by atoms with Gasteiger partial charge in [0.25, 0.3) is 0 Å². The molecule has 0 unspecified atom stereocenters. The molecule has 2 rings (SSSR count). The Morgan fingerprint density at radius 2 is 1.71 bits per heavy atom. The molecule has 2 aliphatic rings. The van der Waals surface area contributed by atoms with E-state index in [9.17, 15) is 9.36 Å². The van der Waals surface area contributed by atoms with Crippen molar-refractivity contribution in [3.05, 3.63) is 0 Å². The minimum absolute atomic E-state index is 0.0486. The normalized spacial score (nSPS) is 23.9. The predicted molar refractivity (Wildman–Crippen MR) is 65.1 cm³/mol. The summed E-state index contributed by atoms with van der Waals surface area (Å²) >= 11 is 0. The van der Waals surface area contributed by atoms with Crippen molar-refractivity contribution in [2.45, 2.75) is 38.5 Å². The van der Waals surface area contributed by atoms with Crippen LogP contribution in [-0.4, -0.2) is 26.2 Å². The van der Waals surface area contributed by atoms with Crippen LogP contribution < -0.4 is 0 Å². The second-order valence-corrected chi connectivity index (χ2v) is 7.64. The van der Waals surface area contributed by atoms with Crippen molar-refractivity contribution < 1.29 is 18.4 Å². The highest BCUT2D eigenvalue weighted by Gasteiger charge is 2.46. The van der Waals surface area contributed by atoms with Crippen LogP contribution in [0.2, 0.25) is 0 Å². The average molecular weight is 260 g/mol. The highest BCUT2D eigenvalue weighted by atomic mass is 31.2. The van der Waals surface area contributed by atoms with Gasteiger partial charge in [-0.1, -0.05) is 0 Å². The van der Waals surface area contributed by atoms with E-state index in [4.69, 9.17) is 9.05 Å². The zero-order chi connectivity index (χ0) is 12.5. The zero-order valence-corrected chi connectivity index (χ0v) is 11.5. The van der Waals surface area contributed by atoms with Crippen LogP contribution in [0.4, 0.5) is 0 Å². The van der Waals surface area contributed by atoms with Gasteiger partial charge in [-0.2, -0.15) is 0 Å². The predicted octanol–water partition coefficient (Wildman–Crippen LogP) is 3.01. The Bertz CT molecular complexity index is 330. The lowest BCUT2D eigenvalue weighted by molar-refractivity contribution is -0.121. The van der Waals surface area contributed by atoms with Gasteiger partial charge in [0.15, 0.2) is 0 Å². The lowest BCUT2D eigenvalue weighted by Crippen LogP contribution is -2.25. The highest BCUT2D eigenvalue weighted by Crippen LogP contribution is 2.57. The molecule has 98 valence electrons. The number of hydrogen-bond donors (Lipinski definition) is 0. The number of carbonyl (C=O) groups is 1. The van der Waals surface area contributed by atoms with Gasteiger partial charge in [-0.15, -0.1) is 0 Å². The van der Waals surface area contributed by atoms with Gasteiger partial charge < -0.3 is 9.05 Å². The molecule has 5 heteroatoms. The molecule has 0 aromatic carbocycles. The maximum atomic E-state index is 12.0. The molecule has 0 N–H and O–H groups in total. The molecule has 1 spiro atoms. The third-order valence-corrected chi connectivity index (χ3v) is 6.18. The minimum Gasteiger partial charge on any atom is -0.312 e. The number of rotatable bonds is 5. The third kappa shape index (κ3) is 2.98. The van der Waals surface area contributed by atoms with Gasteiger partial charge in [0, 0.05) is 20.1 Å². The van der Waals surface area contributed by atoms with Crippen LogP contribution in [0.15, 0.2) is 0 Å².